The molecule has 104 heavy (non-hydrogen) atoms. The minimum absolute atomic E-state index is 0.0202. The number of esters is 4. The van der Waals surface area contributed by atoms with Crippen LogP contribution in [-0.2, 0) is 62.2 Å². The quantitative estimate of drug-likeness (QED) is 0.0617. The zero-order valence-corrected chi connectivity index (χ0v) is 58.5. The number of ketones is 3. The van der Waals surface area contributed by atoms with Crippen molar-refractivity contribution < 1.29 is 71.7 Å². The van der Waals surface area contributed by atoms with Crippen molar-refractivity contribution in [2.75, 3.05) is 23.4 Å². The van der Waals surface area contributed by atoms with Crippen LogP contribution in [0.4, 0.5) is 17.1 Å². The van der Waals surface area contributed by atoms with E-state index in [4.69, 9.17) is 30.4 Å². The van der Waals surface area contributed by atoms with Crippen LogP contribution < -0.4 is 25.8 Å². The van der Waals surface area contributed by atoms with Crippen molar-refractivity contribution in [3.05, 3.63) is 127 Å². The van der Waals surface area contributed by atoms with Crippen LogP contribution in [-0.4, -0.2) is 76.8 Å². The second kappa shape index (κ2) is 22.1. The van der Waals surface area contributed by atoms with E-state index in [1.807, 2.05) is 55.5 Å². The van der Waals surface area contributed by atoms with Crippen LogP contribution in [0, 0.1) is 158 Å². The summed E-state index contributed by atoms with van der Waals surface area (Å²) in [4.78, 5) is 147. The number of fused-ring (bicyclic) bond motifs is 30. The number of ether oxygens (including phenoxy) is 4. The Morgan fingerprint density at radius 1 is 0.356 bits per heavy atom. The first-order chi connectivity index (χ1) is 50.0. The van der Waals surface area contributed by atoms with Crippen LogP contribution in [0.5, 0.6) is 23.0 Å². The van der Waals surface area contributed by atoms with E-state index in [-0.39, 0.29) is 123 Å². The molecule has 4 aromatic rings. The van der Waals surface area contributed by atoms with Crippen molar-refractivity contribution in [2.45, 2.75) is 122 Å². The van der Waals surface area contributed by atoms with Gasteiger partial charge in [-0.1, -0.05) is 42.0 Å². The van der Waals surface area contributed by atoms with Crippen molar-refractivity contribution in [3.63, 3.8) is 0 Å². The van der Waals surface area contributed by atoms with E-state index in [0.717, 1.165) is 91.6 Å². The summed E-state index contributed by atoms with van der Waals surface area (Å²) in [5.41, 5.74) is 12.2. The monoisotopic (exact) mass is 1400 g/mol. The van der Waals surface area contributed by atoms with Crippen molar-refractivity contribution in [3.8, 4) is 23.0 Å². The van der Waals surface area contributed by atoms with E-state index < -0.39 is 63.3 Å². The molecule has 12 bridgehead atoms. The van der Waals surface area contributed by atoms with Crippen molar-refractivity contribution in [1.82, 2.24) is 4.90 Å². The smallest absolute Gasteiger partial charge is 0.317 e. The van der Waals surface area contributed by atoms with Gasteiger partial charge in [-0.15, -0.1) is 0 Å². The Balaban J connectivity index is 0.000000101. The van der Waals surface area contributed by atoms with Crippen LogP contribution >= 0.6 is 0 Å². The number of nitrogens with zero attached hydrogens (tertiary/aromatic N) is 2. The van der Waals surface area contributed by atoms with Gasteiger partial charge in [-0.2, -0.15) is 0 Å². The van der Waals surface area contributed by atoms with Crippen LogP contribution in [0.15, 0.2) is 121 Å². The van der Waals surface area contributed by atoms with E-state index >= 15 is 0 Å². The highest BCUT2D eigenvalue weighted by Crippen LogP contribution is 2.78. The number of rotatable bonds is 5. The van der Waals surface area contributed by atoms with E-state index in [0.29, 0.717) is 60.5 Å². The predicted molar refractivity (Wildman–Crippen MR) is 373 cm³/mol. The normalized spacial score (nSPS) is 44.5. The molecule has 13 saturated carbocycles. The Morgan fingerprint density at radius 2 is 0.673 bits per heavy atom. The highest BCUT2D eigenvalue weighted by atomic mass is 16.6. The lowest BCUT2D eigenvalue weighted by atomic mass is 9.58. The van der Waals surface area contributed by atoms with Gasteiger partial charge < -0.3 is 30.4 Å². The minimum Gasteiger partial charge on any atom is -0.457 e. The Kier molecular flexibility index (Phi) is 13.8. The molecule has 15 aliphatic carbocycles. The summed E-state index contributed by atoms with van der Waals surface area (Å²) in [6.07, 6.45) is 25.3. The van der Waals surface area contributed by atoms with Crippen molar-refractivity contribution >= 4 is 81.9 Å². The van der Waals surface area contributed by atoms with Gasteiger partial charge in [0.25, 0.3) is 0 Å². The van der Waals surface area contributed by atoms with E-state index in [1.165, 1.54) is 48.3 Å². The number of nitrogens with two attached hydrogens (primary N) is 2. The van der Waals surface area contributed by atoms with Gasteiger partial charge in [0.1, 0.15) is 40.3 Å². The fraction of sp³-hybridized carbons (Fsp3) is 0.541. The van der Waals surface area contributed by atoms with Crippen LogP contribution in [0.2, 0.25) is 0 Å². The molecule has 4 aromatic carbocycles. The third-order valence-corrected chi connectivity index (χ3v) is 31.7. The lowest BCUT2D eigenvalue weighted by Gasteiger charge is -2.42. The van der Waals surface area contributed by atoms with Gasteiger partial charge in [-0.3, -0.25) is 62.5 Å². The standard InChI is InChI=1S/C35H34N2O6.C21H20O7.C17H20O.C12H12N2O/c1-17-3-7-21(8-4-17)43-22-9-5-20(6-10-22)37-31(40)26-19-14-24(28(26)32(37)41)35(16-19)12-11-34(33(35)42)15-18-13-23(34)27-25(18)29(38)36(2)30(27)39;22-15-11-7-3-9(13(11)17(24)27-15)20(5-7)1-2-21(19(20)26)6-8-4-10(21)14-12(8)16(23)28-18(14)25;18-15-16(9-11-1-3-13(16)7-11)5-6-17(15)10-12-2-4-14(17)8-12;13-9-1-5-11(6-2-9)15-12-7-3-10(14)4-8-12/h3-10,18-19,23-28H,11-16H2,1-2H3;7-14H,1-6H2;1-4,11-14H,5-10H2;1-8H,13-14H2. The largest absolute Gasteiger partial charge is 0.457 e. The maximum absolute atomic E-state index is 14.7. The molecular formula is C85H86N4O15. The number of benzene rings is 4. The number of imide groups is 2. The molecule has 26 unspecified atom stereocenters. The average Bonchev–Trinajstić information content (AvgIpc) is 1.51. The molecule has 6 spiro atoms. The molecule has 4 N–H and O–H groups in total. The Labute approximate surface area is 602 Å². The van der Waals surface area contributed by atoms with Gasteiger partial charge in [0.15, 0.2) is 0 Å². The zero-order chi connectivity index (χ0) is 71.4. The SMILES string of the molecule is Cc1ccc(Oc2ccc(N3C(=O)C4C5CC(C4C3=O)C3(CCC4(CC6CC4C4C(=O)N(C)C(=O)C64)C3=O)C5)cc2)cc1.Nc1ccc(Oc2ccc(N)cc2)cc1.O=C1C2(CCC13CC1C=CC3C1)CC1C=CC2C1.O=C1OC(=O)C2C1C1CC2C2(CCC3(CC4CC3C3C(=O)OC(=O)C43)C2=O)C1. The highest BCUT2D eigenvalue weighted by molar-refractivity contribution is 6.23. The molecule has 17 fully saturated rings. The summed E-state index contributed by atoms with van der Waals surface area (Å²) >= 11 is 0. The second-order valence-corrected chi connectivity index (χ2v) is 35.6. The van der Waals surface area contributed by atoms with Gasteiger partial charge in [-0.05, 0) is 278 Å². The molecular weight excluding hydrogens is 1320 g/mol. The van der Waals surface area contributed by atoms with Crippen LogP contribution in [0.3, 0.4) is 0 Å². The third kappa shape index (κ3) is 8.55. The van der Waals surface area contributed by atoms with Gasteiger partial charge in [0.05, 0.1) is 53.0 Å². The molecule has 4 amide bonds. The molecule has 4 heterocycles. The molecule has 19 nitrogen and oxygen atoms in total. The number of aryl methyl sites for hydroxylation is 1. The molecule has 23 rings (SSSR count). The predicted octanol–water partition coefficient (Wildman–Crippen LogP) is 11.7. The molecule has 4 aliphatic heterocycles. The first-order valence-corrected chi connectivity index (χ1v) is 38.4. The Hall–Kier alpha value is -8.87. The number of nitrogen functional groups attached to an aromatic ring is 2. The van der Waals surface area contributed by atoms with Gasteiger partial charge in [-0.25, -0.2) is 0 Å². The number of cyclic esters (lactones) is 4. The van der Waals surface area contributed by atoms with E-state index in [1.54, 1.807) is 55.6 Å². The van der Waals surface area contributed by atoms with Gasteiger partial charge in [0.2, 0.25) is 23.6 Å². The topological polar surface area (TPSA) is 283 Å². The number of carbonyl (C=O) groups is 11. The van der Waals surface area contributed by atoms with E-state index in [9.17, 15) is 52.7 Å². The molecule has 4 saturated heterocycles. The highest BCUT2D eigenvalue weighted by Gasteiger charge is 2.81. The second-order valence-electron chi connectivity index (χ2n) is 35.6. The Bertz CT molecular complexity index is 4430. The molecule has 19 aliphatic rings. The summed E-state index contributed by atoms with van der Waals surface area (Å²) < 4.78 is 21.3. The van der Waals surface area contributed by atoms with Crippen LogP contribution in [0.25, 0.3) is 0 Å². The maximum Gasteiger partial charge on any atom is 0.317 e. The van der Waals surface area contributed by atoms with E-state index in [2.05, 4.69) is 24.3 Å². The summed E-state index contributed by atoms with van der Waals surface area (Å²) in [6.45, 7) is 2.01. The fourth-order valence-electron chi connectivity index (χ4n) is 27.9. The number of carbonyl (C=O) groups excluding carboxylic acids is 11. The molecule has 0 radical (unpaired) electrons. The first kappa shape index (κ1) is 64.7. The summed E-state index contributed by atoms with van der Waals surface area (Å²) in [7, 11) is 1.57. The molecule has 0 aromatic heterocycles. The minimum atomic E-state index is -0.596. The first-order valence-electron chi connectivity index (χ1n) is 38.4. The number of allylic oxidation sites excluding steroid dienone is 4. The lowest BCUT2D eigenvalue weighted by molar-refractivity contribution is -0.156. The average molecular weight is 1400 g/mol. The van der Waals surface area contributed by atoms with Crippen LogP contribution in [0.1, 0.15) is 121 Å². The summed E-state index contributed by atoms with van der Waals surface area (Å²) in [5, 5.41) is 0. The van der Waals surface area contributed by atoms with Gasteiger partial charge in [0, 0.05) is 50.9 Å². The van der Waals surface area contributed by atoms with Gasteiger partial charge >= 0.3 is 23.9 Å². The Morgan fingerprint density at radius 3 is 1.07 bits per heavy atom. The zero-order valence-electron chi connectivity index (χ0n) is 58.5. The lowest BCUT2D eigenvalue weighted by Crippen LogP contribution is -2.48. The fourth-order valence-corrected chi connectivity index (χ4v) is 27.9. The molecule has 19 heteroatoms. The number of hydrogen-bond donors (Lipinski definition) is 2. The number of likely N-dealkylation sites (tertiary alicyclic amines) is 1. The number of anilines is 3. The number of hydrogen-bond acceptors (Lipinski definition) is 17. The van der Waals surface area contributed by atoms with Crippen molar-refractivity contribution in [1.29, 1.82) is 0 Å². The third-order valence-electron chi connectivity index (χ3n) is 31.7. The number of Topliss-reactive ketones (excluding diaryl/α,β-unsaturated/α-hetero) is 3. The maximum atomic E-state index is 14.7. The van der Waals surface area contributed by atoms with Crippen molar-refractivity contribution in [2.24, 2.45) is 151 Å². The molecule has 26 atom stereocenters. The number of amides is 4. The summed E-state index contributed by atoms with van der Waals surface area (Å²) in [5.74, 6) is 1.01. The summed E-state index contributed by atoms with van der Waals surface area (Å²) in [6, 6.07) is 29.3. The molecule has 536 valence electrons.